The van der Waals surface area contributed by atoms with Gasteiger partial charge in [0.05, 0.1) is 10.6 Å². The lowest BCUT2D eigenvalue weighted by atomic mass is 10.0. The van der Waals surface area contributed by atoms with Gasteiger partial charge in [0.1, 0.15) is 12.6 Å². The SMILES string of the molecule is CNC(=O)C(Cc1ccccc1)N(Cc1cccc(C)c1)C(=O)CN(c1ccc(C)c(C)c1)S(=O)(=O)c1ccc(Cl)cc1. The van der Waals surface area contributed by atoms with Crippen LogP contribution < -0.4 is 9.62 Å². The Kier molecular flexibility index (Phi) is 10.3. The van der Waals surface area contributed by atoms with E-state index in [1.54, 1.807) is 12.1 Å². The number of likely N-dealkylation sites (N-methyl/N-ethyl adjacent to an activating group) is 1. The number of anilines is 1. The fraction of sp³-hybridized carbons (Fsp3) is 0.235. The van der Waals surface area contributed by atoms with Crippen LogP contribution in [0.1, 0.15) is 27.8 Å². The molecule has 2 amide bonds. The zero-order chi connectivity index (χ0) is 31.1. The van der Waals surface area contributed by atoms with Crippen LogP contribution in [-0.4, -0.2) is 44.8 Å². The Morgan fingerprint density at radius 2 is 1.49 bits per heavy atom. The van der Waals surface area contributed by atoms with Gasteiger partial charge in [0.25, 0.3) is 10.0 Å². The molecule has 0 spiro atoms. The molecule has 0 saturated heterocycles. The number of rotatable bonds is 11. The Balaban J connectivity index is 1.80. The van der Waals surface area contributed by atoms with Crippen molar-refractivity contribution in [1.29, 1.82) is 0 Å². The van der Waals surface area contributed by atoms with Crippen LogP contribution in [0.3, 0.4) is 0 Å². The molecule has 4 rings (SSSR count). The molecule has 224 valence electrons. The van der Waals surface area contributed by atoms with E-state index in [0.717, 1.165) is 32.1 Å². The quantitative estimate of drug-likeness (QED) is 0.229. The Bertz CT molecular complexity index is 1690. The Hall–Kier alpha value is -4.14. The molecule has 0 bridgehead atoms. The third-order valence-electron chi connectivity index (χ3n) is 7.41. The van der Waals surface area contributed by atoms with Gasteiger partial charge in [-0.1, -0.05) is 77.8 Å². The van der Waals surface area contributed by atoms with Crippen molar-refractivity contribution in [2.75, 3.05) is 17.9 Å². The highest BCUT2D eigenvalue weighted by molar-refractivity contribution is 7.92. The summed E-state index contributed by atoms with van der Waals surface area (Å²) >= 11 is 6.05. The van der Waals surface area contributed by atoms with Crippen molar-refractivity contribution in [1.82, 2.24) is 10.2 Å². The Morgan fingerprint density at radius 1 is 0.814 bits per heavy atom. The van der Waals surface area contributed by atoms with Gasteiger partial charge in [-0.3, -0.25) is 13.9 Å². The predicted molar refractivity (Wildman–Crippen MR) is 172 cm³/mol. The number of carbonyl (C=O) groups excluding carboxylic acids is 2. The normalized spacial score (nSPS) is 11.9. The number of hydrogen-bond acceptors (Lipinski definition) is 4. The van der Waals surface area contributed by atoms with E-state index in [4.69, 9.17) is 11.6 Å². The van der Waals surface area contributed by atoms with Gasteiger partial charge in [0, 0.05) is 25.0 Å². The minimum atomic E-state index is -4.19. The van der Waals surface area contributed by atoms with E-state index >= 15 is 0 Å². The molecule has 1 atom stereocenters. The van der Waals surface area contributed by atoms with E-state index in [1.165, 1.54) is 36.2 Å². The van der Waals surface area contributed by atoms with Gasteiger partial charge in [0.2, 0.25) is 11.8 Å². The first-order chi connectivity index (χ1) is 20.5. The van der Waals surface area contributed by atoms with Crippen molar-refractivity contribution < 1.29 is 18.0 Å². The number of carbonyl (C=O) groups is 2. The molecule has 4 aromatic rings. The minimum Gasteiger partial charge on any atom is -0.357 e. The summed E-state index contributed by atoms with van der Waals surface area (Å²) in [5, 5.41) is 3.10. The monoisotopic (exact) mass is 617 g/mol. The van der Waals surface area contributed by atoms with Gasteiger partial charge in [-0.05, 0) is 79.4 Å². The fourth-order valence-corrected chi connectivity index (χ4v) is 6.40. The summed E-state index contributed by atoms with van der Waals surface area (Å²) in [6.45, 7) is 5.38. The lowest BCUT2D eigenvalue weighted by Crippen LogP contribution is -2.53. The third-order valence-corrected chi connectivity index (χ3v) is 9.45. The van der Waals surface area contributed by atoms with Crippen LogP contribution in [0, 0.1) is 20.8 Å². The lowest BCUT2D eigenvalue weighted by Gasteiger charge is -2.33. The summed E-state index contributed by atoms with van der Waals surface area (Å²) in [7, 11) is -2.66. The van der Waals surface area contributed by atoms with E-state index in [2.05, 4.69) is 5.32 Å². The minimum absolute atomic E-state index is 0.000277. The average molecular weight is 618 g/mol. The van der Waals surface area contributed by atoms with Crippen LogP contribution in [0.25, 0.3) is 0 Å². The maximum atomic E-state index is 14.4. The van der Waals surface area contributed by atoms with E-state index in [1.807, 2.05) is 81.4 Å². The molecular weight excluding hydrogens is 582 g/mol. The van der Waals surface area contributed by atoms with Gasteiger partial charge < -0.3 is 10.2 Å². The van der Waals surface area contributed by atoms with Crippen molar-refractivity contribution in [2.45, 2.75) is 44.7 Å². The van der Waals surface area contributed by atoms with E-state index in [-0.39, 0.29) is 23.8 Å². The third kappa shape index (κ3) is 7.83. The standard InChI is InChI=1S/C34H36ClN3O4S/c1-24-9-8-12-28(19-24)22-37(32(34(40)36-4)21-27-10-6-5-7-11-27)33(39)23-38(30-16-13-25(2)26(3)20-30)43(41,42)31-17-14-29(35)15-18-31/h5-20,32H,21-23H2,1-4H3,(H,36,40). The number of aryl methyl sites for hydroxylation is 3. The zero-order valence-electron chi connectivity index (χ0n) is 24.7. The second kappa shape index (κ2) is 13.9. The van der Waals surface area contributed by atoms with Crippen molar-refractivity contribution in [2.24, 2.45) is 0 Å². The van der Waals surface area contributed by atoms with Gasteiger partial charge >= 0.3 is 0 Å². The second-order valence-corrected chi connectivity index (χ2v) is 12.9. The molecule has 0 saturated carbocycles. The lowest BCUT2D eigenvalue weighted by molar-refractivity contribution is -0.139. The molecule has 0 aromatic heterocycles. The van der Waals surface area contributed by atoms with Crippen molar-refractivity contribution in [3.05, 3.63) is 130 Å². The highest BCUT2D eigenvalue weighted by Gasteiger charge is 2.34. The topological polar surface area (TPSA) is 86.8 Å². The largest absolute Gasteiger partial charge is 0.357 e. The summed E-state index contributed by atoms with van der Waals surface area (Å²) in [6, 6.07) is 27.4. The summed E-state index contributed by atoms with van der Waals surface area (Å²) in [6.07, 6.45) is 0.256. The van der Waals surface area contributed by atoms with Crippen LogP contribution in [0.4, 0.5) is 5.69 Å². The molecular formula is C34H36ClN3O4S. The number of nitrogens with zero attached hydrogens (tertiary/aromatic N) is 2. The van der Waals surface area contributed by atoms with E-state index in [0.29, 0.717) is 10.7 Å². The van der Waals surface area contributed by atoms with Crippen LogP contribution in [-0.2, 0) is 32.6 Å². The van der Waals surface area contributed by atoms with Gasteiger partial charge in [-0.15, -0.1) is 0 Å². The summed E-state index contributed by atoms with van der Waals surface area (Å²) in [5.74, 6) is -0.857. The fourth-order valence-electron chi connectivity index (χ4n) is 4.87. The maximum absolute atomic E-state index is 14.4. The highest BCUT2D eigenvalue weighted by Crippen LogP contribution is 2.27. The van der Waals surface area contributed by atoms with Crippen LogP contribution in [0.5, 0.6) is 0 Å². The molecule has 9 heteroatoms. The molecule has 43 heavy (non-hydrogen) atoms. The number of amides is 2. The Labute approximate surface area is 259 Å². The van der Waals surface area contributed by atoms with Gasteiger partial charge in [-0.2, -0.15) is 0 Å². The molecule has 0 aliphatic heterocycles. The first kappa shape index (κ1) is 31.8. The zero-order valence-corrected chi connectivity index (χ0v) is 26.3. The first-order valence-electron chi connectivity index (χ1n) is 14.0. The molecule has 1 unspecified atom stereocenters. The molecule has 7 nitrogen and oxygen atoms in total. The van der Waals surface area contributed by atoms with Gasteiger partial charge in [0.15, 0.2) is 0 Å². The molecule has 0 fully saturated rings. The maximum Gasteiger partial charge on any atom is 0.264 e. The summed E-state index contributed by atoms with van der Waals surface area (Å²) in [4.78, 5) is 29.2. The molecule has 0 aliphatic carbocycles. The number of hydrogen-bond donors (Lipinski definition) is 1. The molecule has 1 N–H and O–H groups in total. The van der Waals surface area contributed by atoms with Crippen molar-refractivity contribution in [3.8, 4) is 0 Å². The molecule has 4 aromatic carbocycles. The van der Waals surface area contributed by atoms with Gasteiger partial charge in [-0.25, -0.2) is 8.42 Å². The molecule has 0 aliphatic rings. The Morgan fingerprint density at radius 3 is 2.12 bits per heavy atom. The smallest absolute Gasteiger partial charge is 0.264 e. The summed E-state index contributed by atoms with van der Waals surface area (Å²) < 4.78 is 29.3. The van der Waals surface area contributed by atoms with E-state index in [9.17, 15) is 18.0 Å². The number of halogens is 1. The van der Waals surface area contributed by atoms with Crippen molar-refractivity contribution >= 4 is 39.1 Å². The van der Waals surface area contributed by atoms with E-state index < -0.39 is 28.5 Å². The van der Waals surface area contributed by atoms with Crippen LogP contribution in [0.15, 0.2) is 102 Å². The first-order valence-corrected chi connectivity index (χ1v) is 15.8. The van der Waals surface area contributed by atoms with Crippen molar-refractivity contribution in [3.63, 3.8) is 0 Å². The predicted octanol–water partition coefficient (Wildman–Crippen LogP) is 5.85. The van der Waals surface area contributed by atoms with Crippen LogP contribution >= 0.6 is 11.6 Å². The highest BCUT2D eigenvalue weighted by atomic mass is 35.5. The number of sulfonamides is 1. The van der Waals surface area contributed by atoms with Crippen LogP contribution in [0.2, 0.25) is 5.02 Å². The molecule has 0 radical (unpaired) electrons. The number of benzene rings is 4. The summed E-state index contributed by atoms with van der Waals surface area (Å²) in [5.41, 5.74) is 4.92. The second-order valence-electron chi connectivity index (χ2n) is 10.6. The molecule has 0 heterocycles. The average Bonchev–Trinajstić information content (AvgIpc) is 2.99. The number of nitrogens with one attached hydrogen (secondary N) is 1.